The molecule has 0 aliphatic carbocycles. The summed E-state index contributed by atoms with van der Waals surface area (Å²) in [5, 5.41) is 13.3. The van der Waals surface area contributed by atoms with Gasteiger partial charge in [0.25, 0.3) is 23.3 Å². The number of aromatic amines is 1. The standard InChI is InChI=1S/C18H25ClFN3O4.C17H20FN3O4.C3H3NO2.CH4/c1-18(2,3)27-17(26)22-9-5-4-8-13(14(24)11-19)23-16(25)12-7-6-10-21-15(12)20;1-2-3-4-7-13(14(22)11-24-15-8-10-25-21-15)20-17(23)12-6-5-9-19-16(12)18;5-3-1-2-6-4-3;/h6-7,10,13H,4-5,8-9,11H2,1-3H3,(H,22,26)(H,23,25);5-6,8-10,13H,2-4,7,11H2,1H3,(H,20,23);1-2H,(H,4,5);1H4/t2*13-;;/m00../s1. The van der Waals surface area contributed by atoms with Crippen LogP contribution in [0.3, 0.4) is 0 Å². The van der Waals surface area contributed by atoms with E-state index in [1.54, 1.807) is 20.8 Å². The maximum Gasteiger partial charge on any atom is 0.407 e. The Labute approximate surface area is 345 Å². The molecular formula is C39H52ClF2N7O10. The minimum absolute atomic E-state index is 0. The van der Waals surface area contributed by atoms with E-state index >= 15 is 0 Å². The summed E-state index contributed by atoms with van der Waals surface area (Å²) < 4.78 is 46.4. The van der Waals surface area contributed by atoms with Crippen molar-refractivity contribution in [2.24, 2.45) is 0 Å². The van der Waals surface area contributed by atoms with Gasteiger partial charge in [0.1, 0.15) is 18.1 Å². The van der Waals surface area contributed by atoms with Gasteiger partial charge in [-0.2, -0.15) is 13.9 Å². The molecule has 0 aliphatic heterocycles. The molecule has 0 bridgehead atoms. The summed E-state index contributed by atoms with van der Waals surface area (Å²) in [5.41, 5.74) is -1.21. The molecule has 4 aromatic heterocycles. The molecule has 2 atom stereocenters. The van der Waals surface area contributed by atoms with Crippen molar-refractivity contribution < 1.29 is 51.3 Å². The first-order chi connectivity index (χ1) is 27.6. The van der Waals surface area contributed by atoms with Crippen molar-refractivity contribution in [3.05, 3.63) is 94.7 Å². The molecule has 4 rings (SSSR count). The molecule has 0 unspecified atom stereocenters. The molecular weight excluding hydrogens is 800 g/mol. The molecule has 0 aromatic carbocycles. The van der Waals surface area contributed by atoms with E-state index in [2.05, 4.69) is 45.3 Å². The molecule has 0 aliphatic rings. The highest BCUT2D eigenvalue weighted by atomic mass is 35.5. The number of amides is 3. The lowest BCUT2D eigenvalue weighted by Crippen LogP contribution is -2.43. The van der Waals surface area contributed by atoms with Crippen LogP contribution < -0.4 is 26.2 Å². The van der Waals surface area contributed by atoms with Gasteiger partial charge < -0.3 is 34.5 Å². The zero-order valence-corrected chi connectivity index (χ0v) is 33.3. The lowest BCUT2D eigenvalue weighted by Gasteiger charge is -2.20. The second-order valence-electron chi connectivity index (χ2n) is 13.2. The zero-order chi connectivity index (χ0) is 42.9. The lowest BCUT2D eigenvalue weighted by atomic mass is 10.0. The van der Waals surface area contributed by atoms with Crippen molar-refractivity contribution in [2.75, 3.05) is 19.0 Å². The molecule has 59 heavy (non-hydrogen) atoms. The smallest absolute Gasteiger partial charge is 0.407 e. The number of ketones is 2. The van der Waals surface area contributed by atoms with Gasteiger partial charge in [-0.3, -0.25) is 24.0 Å². The highest BCUT2D eigenvalue weighted by molar-refractivity contribution is 6.28. The van der Waals surface area contributed by atoms with Gasteiger partial charge in [-0.15, -0.1) is 11.6 Å². The van der Waals surface area contributed by atoms with E-state index in [4.69, 9.17) is 21.1 Å². The van der Waals surface area contributed by atoms with E-state index in [0.29, 0.717) is 32.2 Å². The largest absolute Gasteiger partial charge is 0.467 e. The van der Waals surface area contributed by atoms with Gasteiger partial charge in [0, 0.05) is 31.1 Å². The average molecular weight is 852 g/mol. The third-order valence-electron chi connectivity index (χ3n) is 7.43. The molecule has 3 amide bonds. The third-order valence-corrected chi connectivity index (χ3v) is 7.70. The highest BCUT2D eigenvalue weighted by Crippen LogP contribution is 2.12. The molecule has 4 aromatic rings. The van der Waals surface area contributed by atoms with E-state index in [1.807, 2.05) is 6.92 Å². The molecule has 17 nitrogen and oxygen atoms in total. The van der Waals surface area contributed by atoms with Crippen LogP contribution in [0.1, 0.15) is 101 Å². The number of ether oxygens (including phenoxy) is 2. The number of pyridine rings is 2. The summed E-state index contributed by atoms with van der Waals surface area (Å²) in [6.07, 6.45) is 9.11. The number of carbonyl (C=O) groups excluding carboxylic acids is 5. The topological polar surface area (TPSA) is 238 Å². The van der Waals surface area contributed by atoms with Crippen LogP contribution in [0.15, 0.2) is 75.2 Å². The predicted octanol–water partition coefficient (Wildman–Crippen LogP) is 5.96. The van der Waals surface area contributed by atoms with Crippen molar-refractivity contribution in [1.29, 1.82) is 0 Å². The quantitative estimate of drug-likeness (QED) is 0.0485. The molecule has 20 heteroatoms. The number of nitrogens with zero attached hydrogens (tertiary/aromatic N) is 3. The first-order valence-corrected chi connectivity index (χ1v) is 18.7. The van der Waals surface area contributed by atoms with Crippen LogP contribution >= 0.6 is 11.6 Å². The number of alkyl halides is 1. The average Bonchev–Trinajstić information content (AvgIpc) is 3.90. The highest BCUT2D eigenvalue weighted by Gasteiger charge is 2.24. The molecule has 4 heterocycles. The Kier molecular flexibility index (Phi) is 23.9. The Balaban J connectivity index is 0.000000508. The van der Waals surface area contributed by atoms with Crippen molar-refractivity contribution in [3.63, 3.8) is 0 Å². The fourth-order valence-electron chi connectivity index (χ4n) is 4.62. The number of hydrogen-bond acceptors (Lipinski definition) is 13. The number of halogens is 3. The van der Waals surface area contributed by atoms with Gasteiger partial charge in [0.2, 0.25) is 11.9 Å². The second kappa shape index (κ2) is 27.6. The van der Waals surface area contributed by atoms with Crippen molar-refractivity contribution in [1.82, 2.24) is 36.2 Å². The van der Waals surface area contributed by atoms with Crippen LogP contribution in [0.25, 0.3) is 0 Å². The van der Waals surface area contributed by atoms with Crippen molar-refractivity contribution in [3.8, 4) is 5.88 Å². The molecule has 324 valence electrons. The van der Waals surface area contributed by atoms with E-state index < -0.39 is 47.5 Å². The Morgan fingerprint density at radius 2 is 1.42 bits per heavy atom. The number of aromatic nitrogens is 4. The normalized spacial score (nSPS) is 11.4. The van der Waals surface area contributed by atoms with Crippen LogP contribution in [-0.2, 0) is 14.3 Å². The van der Waals surface area contributed by atoms with Crippen LogP contribution in [0.4, 0.5) is 13.6 Å². The van der Waals surface area contributed by atoms with Gasteiger partial charge >= 0.3 is 6.09 Å². The van der Waals surface area contributed by atoms with Gasteiger partial charge in [-0.1, -0.05) is 33.6 Å². The van der Waals surface area contributed by atoms with E-state index in [9.17, 15) is 37.5 Å². The summed E-state index contributed by atoms with van der Waals surface area (Å²) >= 11 is 5.59. The molecule has 0 fully saturated rings. The van der Waals surface area contributed by atoms with E-state index in [-0.39, 0.29) is 54.0 Å². The number of Topliss-reactive ketones (excluding diaryl/α,β-unsaturated/α-hetero) is 2. The fraction of sp³-hybridized carbons (Fsp3) is 0.462. The van der Waals surface area contributed by atoms with Crippen molar-refractivity contribution in [2.45, 2.75) is 97.8 Å². The Bertz CT molecular complexity index is 1900. The minimum atomic E-state index is -0.909. The number of hydrogen-bond donors (Lipinski definition) is 4. The van der Waals surface area contributed by atoms with Gasteiger partial charge in [-0.25, -0.2) is 14.8 Å². The molecule has 0 radical (unpaired) electrons. The molecule has 0 spiro atoms. The van der Waals surface area contributed by atoms with E-state index in [1.165, 1.54) is 61.3 Å². The summed E-state index contributed by atoms with van der Waals surface area (Å²) in [6, 6.07) is 6.66. The maximum atomic E-state index is 13.6. The lowest BCUT2D eigenvalue weighted by molar-refractivity contribution is -0.123. The monoisotopic (exact) mass is 851 g/mol. The molecule has 4 N–H and O–H groups in total. The van der Waals surface area contributed by atoms with Crippen LogP contribution in [-0.4, -0.2) is 86.5 Å². The Hall–Kier alpha value is -5.98. The first-order valence-electron chi connectivity index (χ1n) is 18.2. The second-order valence-corrected chi connectivity index (χ2v) is 13.5. The van der Waals surface area contributed by atoms with Crippen LogP contribution in [0.2, 0.25) is 0 Å². The summed E-state index contributed by atoms with van der Waals surface area (Å²) in [6.45, 7) is 7.43. The number of H-pyrrole nitrogens is 1. The Morgan fingerprint density at radius 1 is 0.847 bits per heavy atom. The molecule has 0 saturated carbocycles. The van der Waals surface area contributed by atoms with Gasteiger partial charge in [-0.05, 0) is 75.9 Å². The summed E-state index contributed by atoms with van der Waals surface area (Å²) in [4.78, 5) is 77.0. The molecule has 0 saturated heterocycles. The minimum Gasteiger partial charge on any atom is -0.467 e. The number of carbonyl (C=O) groups is 5. The SMILES string of the molecule is C.CC(C)(C)OC(=O)NCCCC[C@H](NC(=O)c1cccnc1F)C(=O)CCl.CCCCC[C@H](NC(=O)c1cccnc1F)C(=O)COc1ccon1.O=c1cco[nH]1. The zero-order valence-electron chi connectivity index (χ0n) is 32.6. The predicted molar refractivity (Wildman–Crippen MR) is 212 cm³/mol. The number of unbranched alkanes of at least 4 members (excludes halogenated alkanes) is 3. The van der Waals surface area contributed by atoms with Gasteiger partial charge in [0.15, 0.2) is 18.2 Å². The number of nitrogens with one attached hydrogen (secondary N) is 4. The fourth-order valence-corrected chi connectivity index (χ4v) is 4.81. The maximum absolute atomic E-state index is 13.6. The van der Waals surface area contributed by atoms with Crippen molar-refractivity contribution >= 4 is 41.1 Å². The summed E-state index contributed by atoms with van der Waals surface area (Å²) in [5.74, 6) is -3.96. The van der Waals surface area contributed by atoms with Gasteiger partial charge in [0.05, 0.1) is 29.1 Å². The van der Waals surface area contributed by atoms with Crippen LogP contribution in [0, 0.1) is 11.9 Å². The first kappa shape index (κ1) is 51.0. The number of alkyl carbamates (subject to hydrolysis) is 1. The number of rotatable bonds is 19. The third kappa shape index (κ3) is 20.8. The van der Waals surface area contributed by atoms with E-state index in [0.717, 1.165) is 19.3 Å². The van der Waals surface area contributed by atoms with Crippen LogP contribution in [0.5, 0.6) is 5.88 Å². The summed E-state index contributed by atoms with van der Waals surface area (Å²) in [7, 11) is 0. The Morgan fingerprint density at radius 3 is 1.86 bits per heavy atom.